The SMILES string of the molecule is CC(C)CC(N)c1cncn1C1CCN(C)CC1. The van der Waals surface area contributed by atoms with E-state index < -0.39 is 0 Å². The van der Waals surface area contributed by atoms with Gasteiger partial charge in [0.15, 0.2) is 0 Å². The Bertz CT molecular complexity index is 364. The van der Waals surface area contributed by atoms with E-state index in [4.69, 9.17) is 5.73 Å². The first-order valence-electron chi connectivity index (χ1n) is 7.03. The van der Waals surface area contributed by atoms with Crippen LogP contribution in [0.15, 0.2) is 12.5 Å². The van der Waals surface area contributed by atoms with Crippen molar-refractivity contribution in [3.05, 3.63) is 18.2 Å². The fourth-order valence-corrected chi connectivity index (χ4v) is 2.81. The van der Waals surface area contributed by atoms with Crippen LogP contribution < -0.4 is 5.73 Å². The van der Waals surface area contributed by atoms with Crippen LogP contribution in [0.4, 0.5) is 0 Å². The van der Waals surface area contributed by atoms with E-state index in [0.29, 0.717) is 12.0 Å². The van der Waals surface area contributed by atoms with Gasteiger partial charge in [0.25, 0.3) is 0 Å². The van der Waals surface area contributed by atoms with Crippen LogP contribution in [0.2, 0.25) is 0 Å². The Kier molecular flexibility index (Phi) is 4.40. The van der Waals surface area contributed by atoms with E-state index in [0.717, 1.165) is 6.42 Å². The molecule has 18 heavy (non-hydrogen) atoms. The van der Waals surface area contributed by atoms with Gasteiger partial charge in [-0.3, -0.25) is 0 Å². The standard InChI is InChI=1S/C14H26N4/c1-11(2)8-13(15)14-9-16-10-18(14)12-4-6-17(3)7-5-12/h9-13H,4-8,15H2,1-3H3. The molecule has 2 N–H and O–H groups in total. The van der Waals surface area contributed by atoms with Crippen molar-refractivity contribution in [1.29, 1.82) is 0 Å². The van der Waals surface area contributed by atoms with Crippen molar-refractivity contribution >= 4 is 0 Å². The average Bonchev–Trinajstić information content (AvgIpc) is 2.78. The highest BCUT2D eigenvalue weighted by Gasteiger charge is 2.22. The highest BCUT2D eigenvalue weighted by atomic mass is 15.1. The van der Waals surface area contributed by atoms with Gasteiger partial charge in [0.1, 0.15) is 0 Å². The van der Waals surface area contributed by atoms with E-state index in [1.165, 1.54) is 31.6 Å². The minimum absolute atomic E-state index is 0.118. The van der Waals surface area contributed by atoms with Gasteiger partial charge in [-0.1, -0.05) is 13.8 Å². The zero-order valence-electron chi connectivity index (χ0n) is 11.8. The first kappa shape index (κ1) is 13.6. The van der Waals surface area contributed by atoms with Crippen LogP contribution in [0, 0.1) is 5.92 Å². The van der Waals surface area contributed by atoms with Crippen LogP contribution in [0.5, 0.6) is 0 Å². The topological polar surface area (TPSA) is 47.1 Å². The molecule has 1 aliphatic rings. The zero-order chi connectivity index (χ0) is 13.1. The van der Waals surface area contributed by atoms with Crippen LogP contribution in [0.3, 0.4) is 0 Å². The molecular weight excluding hydrogens is 224 g/mol. The second kappa shape index (κ2) is 5.85. The molecule has 1 saturated heterocycles. The lowest BCUT2D eigenvalue weighted by atomic mass is 10.0. The highest BCUT2D eigenvalue weighted by Crippen LogP contribution is 2.27. The Morgan fingerprint density at radius 1 is 1.39 bits per heavy atom. The molecule has 4 nitrogen and oxygen atoms in total. The third-order valence-corrected chi connectivity index (χ3v) is 3.88. The fourth-order valence-electron chi connectivity index (χ4n) is 2.81. The summed E-state index contributed by atoms with van der Waals surface area (Å²) in [7, 11) is 2.19. The van der Waals surface area contributed by atoms with Crippen molar-refractivity contribution < 1.29 is 0 Å². The molecule has 1 aromatic rings. The minimum Gasteiger partial charge on any atom is -0.330 e. The van der Waals surface area contributed by atoms with Crippen LogP contribution >= 0.6 is 0 Å². The molecule has 1 fully saturated rings. The molecule has 0 aliphatic carbocycles. The van der Waals surface area contributed by atoms with Crippen LogP contribution in [-0.4, -0.2) is 34.6 Å². The summed E-state index contributed by atoms with van der Waals surface area (Å²) in [5.74, 6) is 0.626. The monoisotopic (exact) mass is 250 g/mol. The number of nitrogens with two attached hydrogens (primary N) is 1. The van der Waals surface area contributed by atoms with Gasteiger partial charge in [-0.2, -0.15) is 0 Å². The molecule has 1 aromatic heterocycles. The lowest BCUT2D eigenvalue weighted by Gasteiger charge is -2.31. The molecule has 1 aliphatic heterocycles. The lowest BCUT2D eigenvalue weighted by Crippen LogP contribution is -2.32. The van der Waals surface area contributed by atoms with Gasteiger partial charge in [-0.05, 0) is 45.3 Å². The smallest absolute Gasteiger partial charge is 0.0951 e. The molecule has 0 spiro atoms. The largest absolute Gasteiger partial charge is 0.330 e. The minimum atomic E-state index is 0.118. The van der Waals surface area contributed by atoms with E-state index in [-0.39, 0.29) is 6.04 Å². The molecular formula is C14H26N4. The molecule has 0 saturated carbocycles. The van der Waals surface area contributed by atoms with E-state index >= 15 is 0 Å². The Morgan fingerprint density at radius 2 is 2.06 bits per heavy atom. The Hall–Kier alpha value is -0.870. The van der Waals surface area contributed by atoms with Crippen molar-refractivity contribution in [3.8, 4) is 0 Å². The predicted octanol–water partition coefficient (Wildman–Crippen LogP) is 2.20. The van der Waals surface area contributed by atoms with E-state index in [1.54, 1.807) is 0 Å². The first-order chi connectivity index (χ1) is 8.58. The number of imidazole rings is 1. The second-order valence-corrected chi connectivity index (χ2v) is 6.00. The summed E-state index contributed by atoms with van der Waals surface area (Å²) in [5.41, 5.74) is 7.51. The number of aromatic nitrogens is 2. The summed E-state index contributed by atoms with van der Waals surface area (Å²) in [6, 6.07) is 0.698. The Balaban J connectivity index is 2.07. The number of hydrogen-bond donors (Lipinski definition) is 1. The number of likely N-dealkylation sites (tertiary alicyclic amines) is 1. The maximum absolute atomic E-state index is 6.30. The molecule has 0 amide bonds. The molecule has 0 radical (unpaired) electrons. The van der Waals surface area contributed by atoms with Crippen LogP contribution in [0.25, 0.3) is 0 Å². The number of rotatable bonds is 4. The third kappa shape index (κ3) is 3.12. The molecule has 102 valence electrons. The molecule has 2 rings (SSSR count). The summed E-state index contributed by atoms with van der Waals surface area (Å²) in [4.78, 5) is 6.70. The van der Waals surface area contributed by atoms with Crippen molar-refractivity contribution in [3.63, 3.8) is 0 Å². The second-order valence-electron chi connectivity index (χ2n) is 6.00. The van der Waals surface area contributed by atoms with Gasteiger partial charge in [-0.15, -0.1) is 0 Å². The lowest BCUT2D eigenvalue weighted by molar-refractivity contribution is 0.217. The summed E-state index contributed by atoms with van der Waals surface area (Å²) in [6.45, 7) is 6.77. The highest BCUT2D eigenvalue weighted by molar-refractivity contribution is 5.06. The van der Waals surface area contributed by atoms with Gasteiger partial charge in [0.2, 0.25) is 0 Å². The molecule has 0 bridgehead atoms. The van der Waals surface area contributed by atoms with Crippen molar-refractivity contribution in [1.82, 2.24) is 14.5 Å². The number of piperidine rings is 1. The summed E-state index contributed by atoms with van der Waals surface area (Å²) >= 11 is 0. The Labute approximate surface area is 110 Å². The van der Waals surface area contributed by atoms with Crippen molar-refractivity contribution in [2.75, 3.05) is 20.1 Å². The van der Waals surface area contributed by atoms with Gasteiger partial charge < -0.3 is 15.2 Å². The van der Waals surface area contributed by atoms with Crippen LogP contribution in [-0.2, 0) is 0 Å². The van der Waals surface area contributed by atoms with Gasteiger partial charge in [-0.25, -0.2) is 4.98 Å². The summed E-state index contributed by atoms with van der Waals surface area (Å²) in [5, 5.41) is 0. The normalized spacial score (nSPS) is 20.5. The maximum atomic E-state index is 6.30. The Morgan fingerprint density at radius 3 is 2.67 bits per heavy atom. The average molecular weight is 250 g/mol. The van der Waals surface area contributed by atoms with E-state index in [1.807, 2.05) is 12.5 Å². The summed E-state index contributed by atoms with van der Waals surface area (Å²) < 4.78 is 2.32. The van der Waals surface area contributed by atoms with E-state index in [9.17, 15) is 0 Å². The molecule has 0 aromatic carbocycles. The first-order valence-corrected chi connectivity index (χ1v) is 7.03. The fraction of sp³-hybridized carbons (Fsp3) is 0.786. The summed E-state index contributed by atoms with van der Waals surface area (Å²) in [6.07, 6.45) is 7.34. The maximum Gasteiger partial charge on any atom is 0.0951 e. The van der Waals surface area contributed by atoms with Gasteiger partial charge in [0, 0.05) is 18.3 Å². The van der Waals surface area contributed by atoms with Crippen LogP contribution in [0.1, 0.15) is 50.9 Å². The number of hydrogen-bond acceptors (Lipinski definition) is 3. The zero-order valence-corrected chi connectivity index (χ0v) is 11.8. The number of nitrogens with zero attached hydrogens (tertiary/aromatic N) is 3. The van der Waals surface area contributed by atoms with Gasteiger partial charge in [0.05, 0.1) is 12.0 Å². The quantitative estimate of drug-likeness (QED) is 0.891. The van der Waals surface area contributed by atoms with Gasteiger partial charge >= 0.3 is 0 Å². The molecule has 1 unspecified atom stereocenters. The molecule has 2 heterocycles. The van der Waals surface area contributed by atoms with Crippen molar-refractivity contribution in [2.45, 2.75) is 45.2 Å². The molecule has 1 atom stereocenters. The predicted molar refractivity (Wildman–Crippen MR) is 74.4 cm³/mol. The van der Waals surface area contributed by atoms with Crippen molar-refractivity contribution in [2.24, 2.45) is 11.7 Å². The van der Waals surface area contributed by atoms with E-state index in [2.05, 4.69) is 35.3 Å². The third-order valence-electron chi connectivity index (χ3n) is 3.88. The molecule has 4 heteroatoms.